The summed E-state index contributed by atoms with van der Waals surface area (Å²) >= 11 is 0. The van der Waals surface area contributed by atoms with Crippen molar-refractivity contribution in [3.8, 4) is 11.5 Å². The highest BCUT2D eigenvalue weighted by molar-refractivity contribution is 5.50. The number of aromatic hydroxyl groups is 2. The van der Waals surface area contributed by atoms with Crippen LogP contribution in [0.4, 0.5) is 5.69 Å². The Labute approximate surface area is 157 Å². The van der Waals surface area contributed by atoms with Crippen molar-refractivity contribution in [1.29, 1.82) is 0 Å². The largest absolute Gasteiger partial charge is 0.504 e. The van der Waals surface area contributed by atoms with Crippen molar-refractivity contribution in [3.05, 3.63) is 53.6 Å². The van der Waals surface area contributed by atoms with E-state index in [2.05, 4.69) is 41.8 Å². The number of para-hydroxylation sites is 1. The fourth-order valence-electron chi connectivity index (χ4n) is 3.03. The summed E-state index contributed by atoms with van der Waals surface area (Å²) in [4.78, 5) is 0. The van der Waals surface area contributed by atoms with Crippen LogP contribution in [-0.2, 0) is 12.8 Å². The maximum atomic E-state index is 9.47. The van der Waals surface area contributed by atoms with Gasteiger partial charge in [0.15, 0.2) is 11.5 Å². The monoisotopic (exact) mass is 356 g/mol. The Morgan fingerprint density at radius 3 is 2.35 bits per heavy atom. The molecule has 142 valence electrons. The average molecular weight is 357 g/mol. The Kier molecular flexibility index (Phi) is 8.84. The third-order valence-corrected chi connectivity index (χ3v) is 4.62. The standard InChI is InChI=1S/C22H32N2O2/c1-2-19-9-5-6-10-20(19)24-15-8-4-3-7-14-23-16-13-18-11-12-21(25)22(26)17-18/h5-6,9-12,17,23-26H,2-4,7-8,13-16H2,1H3. The Morgan fingerprint density at radius 1 is 0.808 bits per heavy atom. The van der Waals surface area contributed by atoms with Crippen molar-refractivity contribution in [3.63, 3.8) is 0 Å². The second-order valence-corrected chi connectivity index (χ2v) is 6.67. The summed E-state index contributed by atoms with van der Waals surface area (Å²) in [6.45, 7) is 5.14. The van der Waals surface area contributed by atoms with Gasteiger partial charge in [0.25, 0.3) is 0 Å². The first-order chi connectivity index (χ1) is 12.7. The van der Waals surface area contributed by atoms with Crippen molar-refractivity contribution in [2.24, 2.45) is 0 Å². The maximum absolute atomic E-state index is 9.47. The lowest BCUT2D eigenvalue weighted by molar-refractivity contribution is 0.403. The van der Waals surface area contributed by atoms with Gasteiger partial charge in [-0.25, -0.2) is 0 Å². The van der Waals surface area contributed by atoms with E-state index in [0.29, 0.717) is 0 Å². The number of phenolic OH excluding ortho intramolecular Hbond substituents is 2. The van der Waals surface area contributed by atoms with E-state index in [4.69, 9.17) is 0 Å². The van der Waals surface area contributed by atoms with Gasteiger partial charge in [0.05, 0.1) is 0 Å². The van der Waals surface area contributed by atoms with Gasteiger partial charge in [-0.15, -0.1) is 0 Å². The molecule has 0 aliphatic heterocycles. The summed E-state index contributed by atoms with van der Waals surface area (Å²) in [7, 11) is 0. The fraction of sp³-hybridized carbons (Fsp3) is 0.455. The maximum Gasteiger partial charge on any atom is 0.157 e. The van der Waals surface area contributed by atoms with Gasteiger partial charge in [0.2, 0.25) is 0 Å². The number of anilines is 1. The number of hydrogen-bond donors (Lipinski definition) is 4. The Morgan fingerprint density at radius 2 is 1.58 bits per heavy atom. The summed E-state index contributed by atoms with van der Waals surface area (Å²) in [6.07, 6.45) is 6.79. The summed E-state index contributed by atoms with van der Waals surface area (Å²) in [5, 5.41) is 25.8. The molecule has 0 aromatic heterocycles. The van der Waals surface area contributed by atoms with Crippen LogP contribution in [0.2, 0.25) is 0 Å². The summed E-state index contributed by atoms with van der Waals surface area (Å²) in [5.74, 6) is -0.105. The lowest BCUT2D eigenvalue weighted by Gasteiger charge is -2.10. The van der Waals surface area contributed by atoms with Gasteiger partial charge in [-0.05, 0) is 68.1 Å². The lowest BCUT2D eigenvalue weighted by atomic mass is 10.1. The molecule has 0 aliphatic carbocycles. The molecule has 4 N–H and O–H groups in total. The molecule has 2 rings (SSSR count). The number of hydrogen-bond acceptors (Lipinski definition) is 4. The summed E-state index contributed by atoms with van der Waals surface area (Å²) < 4.78 is 0. The normalized spacial score (nSPS) is 10.8. The predicted octanol–water partition coefficient (Wildman–Crippen LogP) is 4.46. The predicted molar refractivity (Wildman–Crippen MR) is 109 cm³/mol. The fourth-order valence-corrected chi connectivity index (χ4v) is 3.03. The van der Waals surface area contributed by atoms with Crippen molar-refractivity contribution >= 4 is 5.69 Å². The minimum atomic E-state index is -0.0608. The first-order valence-electron chi connectivity index (χ1n) is 9.74. The topological polar surface area (TPSA) is 64.5 Å². The highest BCUT2D eigenvalue weighted by atomic mass is 16.3. The third-order valence-electron chi connectivity index (χ3n) is 4.62. The van der Waals surface area contributed by atoms with Gasteiger partial charge in [-0.3, -0.25) is 0 Å². The minimum Gasteiger partial charge on any atom is -0.504 e. The van der Waals surface area contributed by atoms with E-state index in [1.807, 2.05) is 6.07 Å². The molecular formula is C22H32N2O2. The van der Waals surface area contributed by atoms with Crippen molar-refractivity contribution in [2.75, 3.05) is 25.0 Å². The van der Waals surface area contributed by atoms with Crippen LogP contribution in [0.5, 0.6) is 11.5 Å². The van der Waals surface area contributed by atoms with Gasteiger partial charge in [-0.1, -0.05) is 44.0 Å². The molecule has 0 atom stereocenters. The van der Waals surface area contributed by atoms with E-state index in [1.54, 1.807) is 6.07 Å². The minimum absolute atomic E-state index is 0.0438. The third kappa shape index (κ3) is 6.96. The number of aryl methyl sites for hydroxylation is 1. The van der Waals surface area contributed by atoms with Crippen LogP contribution in [-0.4, -0.2) is 29.8 Å². The molecule has 4 heteroatoms. The number of rotatable bonds is 12. The molecule has 0 unspecified atom stereocenters. The molecule has 0 spiro atoms. The van der Waals surface area contributed by atoms with E-state index in [-0.39, 0.29) is 11.5 Å². The van der Waals surface area contributed by atoms with Crippen molar-refractivity contribution in [1.82, 2.24) is 5.32 Å². The molecule has 26 heavy (non-hydrogen) atoms. The molecule has 0 aliphatic rings. The Bertz CT molecular complexity index is 658. The van der Waals surface area contributed by atoms with Crippen LogP contribution in [0.1, 0.15) is 43.7 Å². The quantitative estimate of drug-likeness (QED) is 0.335. The summed E-state index contributed by atoms with van der Waals surface area (Å²) in [6, 6.07) is 13.6. The van der Waals surface area contributed by atoms with Crippen molar-refractivity contribution in [2.45, 2.75) is 45.4 Å². The number of benzene rings is 2. The van der Waals surface area contributed by atoms with E-state index >= 15 is 0 Å². The molecular weight excluding hydrogens is 324 g/mol. The van der Waals surface area contributed by atoms with E-state index < -0.39 is 0 Å². The van der Waals surface area contributed by atoms with Crippen LogP contribution in [0.25, 0.3) is 0 Å². The van der Waals surface area contributed by atoms with Crippen LogP contribution in [0, 0.1) is 0 Å². The number of unbranched alkanes of at least 4 members (excludes halogenated alkanes) is 3. The average Bonchev–Trinajstić information content (AvgIpc) is 2.66. The SMILES string of the molecule is CCc1ccccc1NCCCCCCNCCc1ccc(O)c(O)c1. The molecule has 0 amide bonds. The highest BCUT2D eigenvalue weighted by Crippen LogP contribution is 2.24. The summed E-state index contributed by atoms with van der Waals surface area (Å²) in [5.41, 5.74) is 3.70. The zero-order valence-corrected chi connectivity index (χ0v) is 15.8. The zero-order chi connectivity index (χ0) is 18.6. The van der Waals surface area contributed by atoms with Crippen LogP contribution < -0.4 is 10.6 Å². The first-order valence-corrected chi connectivity index (χ1v) is 9.74. The van der Waals surface area contributed by atoms with Gasteiger partial charge in [0, 0.05) is 12.2 Å². The zero-order valence-electron chi connectivity index (χ0n) is 15.8. The lowest BCUT2D eigenvalue weighted by Crippen LogP contribution is -2.18. The Hall–Kier alpha value is -2.20. The molecule has 2 aromatic rings. The van der Waals surface area contributed by atoms with Crippen LogP contribution >= 0.6 is 0 Å². The van der Waals surface area contributed by atoms with Crippen LogP contribution in [0.15, 0.2) is 42.5 Å². The number of phenols is 2. The van der Waals surface area contributed by atoms with E-state index in [0.717, 1.165) is 38.0 Å². The Balaban J connectivity index is 1.46. The van der Waals surface area contributed by atoms with Gasteiger partial charge in [-0.2, -0.15) is 0 Å². The highest BCUT2D eigenvalue weighted by Gasteiger charge is 2.01. The number of nitrogens with one attached hydrogen (secondary N) is 2. The smallest absolute Gasteiger partial charge is 0.157 e. The van der Waals surface area contributed by atoms with Crippen molar-refractivity contribution < 1.29 is 10.2 Å². The van der Waals surface area contributed by atoms with Gasteiger partial charge >= 0.3 is 0 Å². The molecule has 0 bridgehead atoms. The van der Waals surface area contributed by atoms with Crippen LogP contribution in [0.3, 0.4) is 0 Å². The molecule has 0 fully saturated rings. The van der Waals surface area contributed by atoms with Gasteiger partial charge < -0.3 is 20.8 Å². The molecule has 0 heterocycles. The second kappa shape index (κ2) is 11.4. The molecule has 2 aromatic carbocycles. The molecule has 0 saturated carbocycles. The van der Waals surface area contributed by atoms with E-state index in [9.17, 15) is 10.2 Å². The molecule has 0 radical (unpaired) electrons. The second-order valence-electron chi connectivity index (χ2n) is 6.67. The van der Waals surface area contributed by atoms with E-state index in [1.165, 1.54) is 43.0 Å². The first kappa shape index (κ1) is 20.1. The van der Waals surface area contributed by atoms with Gasteiger partial charge in [0.1, 0.15) is 0 Å². The molecule has 4 nitrogen and oxygen atoms in total. The molecule has 0 saturated heterocycles.